The van der Waals surface area contributed by atoms with Crippen LogP contribution in [0.5, 0.6) is 0 Å². The number of hydrogen-bond acceptors (Lipinski definition) is 4. The van der Waals surface area contributed by atoms with Gasteiger partial charge in [0.15, 0.2) is 5.69 Å². The molecule has 1 aliphatic carbocycles. The van der Waals surface area contributed by atoms with Crippen molar-refractivity contribution in [2.45, 2.75) is 19.8 Å². The summed E-state index contributed by atoms with van der Waals surface area (Å²) in [6.07, 6.45) is 1.76. The molecule has 16 heavy (non-hydrogen) atoms. The van der Waals surface area contributed by atoms with Crippen LogP contribution in [0.3, 0.4) is 0 Å². The van der Waals surface area contributed by atoms with Crippen LogP contribution in [0, 0.1) is 12.8 Å². The molecule has 0 unspecified atom stereocenters. The van der Waals surface area contributed by atoms with Crippen molar-refractivity contribution in [3.05, 3.63) is 17.5 Å². The molecule has 84 valence electrons. The van der Waals surface area contributed by atoms with E-state index in [4.69, 9.17) is 5.11 Å². The normalized spacial score (nSPS) is 14.6. The highest BCUT2D eigenvalue weighted by atomic mass is 16.4. The second-order valence-corrected chi connectivity index (χ2v) is 3.79. The van der Waals surface area contributed by atoms with Gasteiger partial charge in [0.1, 0.15) is 0 Å². The molecule has 0 saturated heterocycles. The summed E-state index contributed by atoms with van der Waals surface area (Å²) in [6.45, 7) is 1.65. The number of carboxylic acid groups (broad SMARTS) is 1. The van der Waals surface area contributed by atoms with Crippen LogP contribution in [-0.4, -0.2) is 27.0 Å². The van der Waals surface area contributed by atoms with Crippen molar-refractivity contribution in [3.8, 4) is 0 Å². The van der Waals surface area contributed by atoms with E-state index in [1.165, 1.54) is 6.07 Å². The van der Waals surface area contributed by atoms with E-state index in [0.717, 1.165) is 12.8 Å². The third-order valence-electron chi connectivity index (χ3n) is 2.26. The minimum absolute atomic E-state index is 0.0393. The summed E-state index contributed by atoms with van der Waals surface area (Å²) in [5.41, 5.74) is 0.400. The van der Waals surface area contributed by atoms with E-state index in [-0.39, 0.29) is 23.5 Å². The second kappa shape index (κ2) is 3.88. The van der Waals surface area contributed by atoms with Crippen molar-refractivity contribution in [2.75, 3.05) is 5.32 Å². The first-order valence-electron chi connectivity index (χ1n) is 4.96. The molecule has 2 N–H and O–H groups in total. The number of aryl methyl sites for hydroxylation is 1. The van der Waals surface area contributed by atoms with Gasteiger partial charge in [0.05, 0.1) is 0 Å². The highest BCUT2D eigenvalue weighted by molar-refractivity contribution is 5.93. The number of nitrogens with one attached hydrogen (secondary N) is 1. The highest BCUT2D eigenvalue weighted by Crippen LogP contribution is 2.29. The van der Waals surface area contributed by atoms with Crippen molar-refractivity contribution >= 4 is 17.8 Å². The number of aromatic nitrogens is 2. The van der Waals surface area contributed by atoms with Crippen molar-refractivity contribution in [1.29, 1.82) is 0 Å². The minimum Gasteiger partial charge on any atom is -0.477 e. The Balaban J connectivity index is 2.19. The maximum atomic E-state index is 11.4. The zero-order valence-corrected chi connectivity index (χ0v) is 8.73. The van der Waals surface area contributed by atoms with E-state index in [1.807, 2.05) is 0 Å². The molecule has 1 aromatic rings. The Morgan fingerprint density at radius 1 is 1.44 bits per heavy atom. The smallest absolute Gasteiger partial charge is 0.354 e. The Labute approximate surface area is 91.7 Å². The van der Waals surface area contributed by atoms with E-state index < -0.39 is 5.97 Å². The topological polar surface area (TPSA) is 92.2 Å². The molecule has 1 aliphatic rings. The molecule has 2 rings (SSSR count). The quantitative estimate of drug-likeness (QED) is 0.788. The number of carbonyl (C=O) groups excluding carboxylic acids is 1. The van der Waals surface area contributed by atoms with Gasteiger partial charge in [0, 0.05) is 11.6 Å². The molecule has 0 bridgehead atoms. The zero-order chi connectivity index (χ0) is 11.7. The monoisotopic (exact) mass is 221 g/mol. The Kier molecular flexibility index (Phi) is 2.55. The molecule has 1 heterocycles. The highest BCUT2D eigenvalue weighted by Gasteiger charge is 2.30. The lowest BCUT2D eigenvalue weighted by Gasteiger charge is -2.04. The van der Waals surface area contributed by atoms with Gasteiger partial charge in [-0.05, 0) is 25.8 Å². The molecule has 0 radical (unpaired) electrons. The van der Waals surface area contributed by atoms with Crippen molar-refractivity contribution in [3.63, 3.8) is 0 Å². The lowest BCUT2D eigenvalue weighted by molar-refractivity contribution is -0.117. The Hall–Kier alpha value is -1.98. The summed E-state index contributed by atoms with van der Waals surface area (Å²) < 4.78 is 0. The summed E-state index contributed by atoms with van der Waals surface area (Å²) in [4.78, 5) is 29.9. The Bertz CT molecular complexity index is 455. The van der Waals surface area contributed by atoms with Gasteiger partial charge >= 0.3 is 5.97 Å². The summed E-state index contributed by atoms with van der Waals surface area (Å²) in [6, 6.07) is 1.36. The van der Waals surface area contributed by atoms with Gasteiger partial charge in [-0.25, -0.2) is 14.8 Å². The molecule has 1 saturated carbocycles. The lowest BCUT2D eigenvalue weighted by Crippen LogP contribution is -2.17. The molecule has 1 aromatic heterocycles. The van der Waals surface area contributed by atoms with Crippen LogP contribution >= 0.6 is 0 Å². The fraction of sp³-hybridized carbons (Fsp3) is 0.400. The van der Waals surface area contributed by atoms with E-state index in [0.29, 0.717) is 5.69 Å². The standard InChI is InChI=1S/C10H11N3O3/c1-5-4-7(9(15)16)12-10(11-5)13-8(14)6-2-3-6/h4,6H,2-3H2,1H3,(H,15,16)(H,11,12,13,14). The maximum Gasteiger partial charge on any atom is 0.354 e. The predicted octanol–water partition coefficient (Wildman–Crippen LogP) is 0.832. The van der Waals surface area contributed by atoms with Crippen molar-refractivity contribution in [2.24, 2.45) is 5.92 Å². The molecule has 1 amide bonds. The van der Waals surface area contributed by atoms with Gasteiger partial charge in [-0.2, -0.15) is 0 Å². The average Bonchev–Trinajstić information content (AvgIpc) is 2.99. The molecular weight excluding hydrogens is 210 g/mol. The number of rotatable bonds is 3. The van der Waals surface area contributed by atoms with Crippen LogP contribution < -0.4 is 5.32 Å². The fourth-order valence-corrected chi connectivity index (χ4v) is 1.29. The number of aromatic carboxylic acids is 1. The molecule has 0 atom stereocenters. The lowest BCUT2D eigenvalue weighted by atomic mass is 10.3. The minimum atomic E-state index is -1.13. The van der Waals surface area contributed by atoms with Crippen LogP contribution in [-0.2, 0) is 4.79 Å². The van der Waals surface area contributed by atoms with Gasteiger partial charge in [-0.15, -0.1) is 0 Å². The van der Waals surface area contributed by atoms with Crippen LogP contribution in [0.1, 0.15) is 29.0 Å². The Morgan fingerprint density at radius 2 is 2.12 bits per heavy atom. The number of anilines is 1. The fourth-order valence-electron chi connectivity index (χ4n) is 1.29. The third kappa shape index (κ3) is 2.33. The van der Waals surface area contributed by atoms with Crippen molar-refractivity contribution < 1.29 is 14.7 Å². The second-order valence-electron chi connectivity index (χ2n) is 3.79. The molecule has 0 aromatic carbocycles. The van der Waals surface area contributed by atoms with Gasteiger partial charge < -0.3 is 5.11 Å². The first-order chi connectivity index (χ1) is 7.56. The van der Waals surface area contributed by atoms with E-state index in [2.05, 4.69) is 15.3 Å². The predicted molar refractivity (Wildman–Crippen MR) is 55.1 cm³/mol. The average molecular weight is 221 g/mol. The number of carboxylic acids is 1. The van der Waals surface area contributed by atoms with Gasteiger partial charge in [0.25, 0.3) is 0 Å². The van der Waals surface area contributed by atoms with Gasteiger partial charge in [-0.1, -0.05) is 0 Å². The van der Waals surface area contributed by atoms with E-state index >= 15 is 0 Å². The van der Waals surface area contributed by atoms with Gasteiger partial charge in [0.2, 0.25) is 11.9 Å². The first-order valence-corrected chi connectivity index (χ1v) is 4.96. The molecular formula is C10H11N3O3. The number of amides is 1. The molecule has 0 aliphatic heterocycles. The summed E-state index contributed by atoms with van der Waals surface area (Å²) in [5, 5.41) is 11.3. The van der Waals surface area contributed by atoms with Gasteiger partial charge in [-0.3, -0.25) is 10.1 Å². The molecule has 0 spiro atoms. The molecule has 6 heteroatoms. The van der Waals surface area contributed by atoms with E-state index in [9.17, 15) is 9.59 Å². The van der Waals surface area contributed by atoms with E-state index in [1.54, 1.807) is 6.92 Å². The summed E-state index contributed by atoms with van der Waals surface area (Å²) in [5.74, 6) is -1.17. The molecule has 1 fully saturated rings. The van der Waals surface area contributed by atoms with Crippen LogP contribution in [0.2, 0.25) is 0 Å². The number of hydrogen-bond donors (Lipinski definition) is 2. The van der Waals surface area contributed by atoms with Crippen LogP contribution in [0.15, 0.2) is 6.07 Å². The molecule has 6 nitrogen and oxygen atoms in total. The summed E-state index contributed by atoms with van der Waals surface area (Å²) >= 11 is 0. The Morgan fingerprint density at radius 3 is 2.69 bits per heavy atom. The summed E-state index contributed by atoms with van der Waals surface area (Å²) in [7, 11) is 0. The van der Waals surface area contributed by atoms with Crippen molar-refractivity contribution in [1.82, 2.24) is 9.97 Å². The number of carbonyl (C=O) groups is 2. The zero-order valence-electron chi connectivity index (χ0n) is 8.73. The largest absolute Gasteiger partial charge is 0.477 e. The van der Waals surface area contributed by atoms with Crippen LogP contribution in [0.4, 0.5) is 5.95 Å². The number of nitrogens with zero attached hydrogens (tertiary/aromatic N) is 2. The maximum absolute atomic E-state index is 11.4. The third-order valence-corrected chi connectivity index (χ3v) is 2.26. The first kappa shape index (κ1) is 10.5. The van der Waals surface area contributed by atoms with Crippen LogP contribution in [0.25, 0.3) is 0 Å². The SMILES string of the molecule is Cc1cc(C(=O)O)nc(NC(=O)C2CC2)n1.